The molecule has 3 aromatic rings. The van der Waals surface area contributed by atoms with Crippen LogP contribution in [0.1, 0.15) is 22.1 Å². The number of aromatic nitrogens is 2. The van der Waals surface area contributed by atoms with Crippen molar-refractivity contribution >= 4 is 17.4 Å². The summed E-state index contributed by atoms with van der Waals surface area (Å²) in [6.45, 7) is 5.16. The third-order valence-electron chi connectivity index (χ3n) is 4.86. The molecule has 0 atom stereocenters. The van der Waals surface area contributed by atoms with Gasteiger partial charge in [0.25, 0.3) is 5.91 Å². The summed E-state index contributed by atoms with van der Waals surface area (Å²) in [6.07, 6.45) is 1.57. The van der Waals surface area contributed by atoms with Crippen LogP contribution < -0.4 is 15.1 Å². The molecule has 0 saturated carbocycles. The fourth-order valence-corrected chi connectivity index (χ4v) is 3.35. The SMILES string of the molecule is Cc1nc(C(=O)NCc2ccco2)cc(N2CCN(c3ccc(F)cc3)CC2)n1. The fraction of sp³-hybridized carbons (Fsp3) is 0.286. The molecule has 29 heavy (non-hydrogen) atoms. The molecule has 150 valence electrons. The Balaban J connectivity index is 1.41. The van der Waals surface area contributed by atoms with Gasteiger partial charge in [-0.1, -0.05) is 0 Å². The molecule has 4 rings (SSSR count). The second kappa shape index (κ2) is 8.30. The highest BCUT2D eigenvalue weighted by Gasteiger charge is 2.20. The van der Waals surface area contributed by atoms with E-state index in [4.69, 9.17) is 4.42 Å². The molecule has 1 amide bonds. The van der Waals surface area contributed by atoms with Crippen LogP contribution in [0.25, 0.3) is 0 Å². The van der Waals surface area contributed by atoms with Gasteiger partial charge in [0, 0.05) is 37.9 Å². The van der Waals surface area contributed by atoms with Gasteiger partial charge >= 0.3 is 0 Å². The summed E-state index contributed by atoms with van der Waals surface area (Å²) in [6, 6.07) is 11.8. The van der Waals surface area contributed by atoms with E-state index in [1.807, 2.05) is 0 Å². The number of carbonyl (C=O) groups is 1. The number of anilines is 2. The number of halogens is 1. The predicted octanol–water partition coefficient (Wildman–Crippen LogP) is 2.77. The normalized spacial score (nSPS) is 14.1. The highest BCUT2D eigenvalue weighted by atomic mass is 19.1. The summed E-state index contributed by atoms with van der Waals surface area (Å²) >= 11 is 0. The van der Waals surface area contributed by atoms with Gasteiger partial charge < -0.3 is 19.5 Å². The van der Waals surface area contributed by atoms with Gasteiger partial charge in [0.2, 0.25) is 0 Å². The van der Waals surface area contributed by atoms with E-state index in [9.17, 15) is 9.18 Å². The number of amides is 1. The lowest BCUT2D eigenvalue weighted by Gasteiger charge is -2.36. The summed E-state index contributed by atoms with van der Waals surface area (Å²) in [7, 11) is 0. The van der Waals surface area contributed by atoms with Gasteiger partial charge in [-0.3, -0.25) is 4.79 Å². The van der Waals surface area contributed by atoms with Crippen LogP contribution >= 0.6 is 0 Å². The number of nitrogens with one attached hydrogen (secondary N) is 1. The molecule has 1 N–H and O–H groups in total. The molecule has 8 heteroatoms. The zero-order chi connectivity index (χ0) is 20.2. The van der Waals surface area contributed by atoms with Crippen molar-refractivity contribution in [2.75, 3.05) is 36.0 Å². The van der Waals surface area contributed by atoms with Crippen molar-refractivity contribution in [3.8, 4) is 0 Å². The van der Waals surface area contributed by atoms with Crippen LogP contribution in [0.4, 0.5) is 15.9 Å². The van der Waals surface area contributed by atoms with Crippen molar-refractivity contribution in [2.24, 2.45) is 0 Å². The molecular formula is C21H22FN5O2. The van der Waals surface area contributed by atoms with E-state index in [1.165, 1.54) is 12.1 Å². The lowest BCUT2D eigenvalue weighted by Crippen LogP contribution is -2.47. The minimum atomic E-state index is -0.266. The van der Waals surface area contributed by atoms with E-state index < -0.39 is 0 Å². The molecule has 1 aromatic carbocycles. The van der Waals surface area contributed by atoms with E-state index in [0.717, 1.165) is 37.7 Å². The minimum Gasteiger partial charge on any atom is -0.467 e. The molecule has 1 saturated heterocycles. The topological polar surface area (TPSA) is 74.5 Å². The first-order valence-corrected chi connectivity index (χ1v) is 9.50. The van der Waals surface area contributed by atoms with Crippen LogP contribution in [0, 0.1) is 12.7 Å². The largest absolute Gasteiger partial charge is 0.467 e. The molecule has 7 nitrogen and oxygen atoms in total. The molecule has 0 spiro atoms. The lowest BCUT2D eigenvalue weighted by atomic mass is 10.2. The number of benzene rings is 1. The first kappa shape index (κ1) is 18.9. The third-order valence-corrected chi connectivity index (χ3v) is 4.86. The Kier molecular flexibility index (Phi) is 5.41. The van der Waals surface area contributed by atoms with Gasteiger partial charge in [-0.05, 0) is 43.3 Å². The first-order valence-electron chi connectivity index (χ1n) is 9.50. The molecule has 0 radical (unpaired) electrons. The summed E-state index contributed by atoms with van der Waals surface area (Å²) in [5.41, 5.74) is 1.34. The van der Waals surface area contributed by atoms with Crippen LogP contribution in [0.15, 0.2) is 53.1 Å². The van der Waals surface area contributed by atoms with Crippen molar-refractivity contribution in [3.63, 3.8) is 0 Å². The molecule has 0 bridgehead atoms. The van der Waals surface area contributed by atoms with Crippen LogP contribution in [-0.4, -0.2) is 42.1 Å². The first-order chi connectivity index (χ1) is 14.1. The molecule has 1 aliphatic rings. The summed E-state index contributed by atoms with van der Waals surface area (Å²) in [5.74, 6) is 1.46. The maximum Gasteiger partial charge on any atom is 0.270 e. The maximum absolute atomic E-state index is 13.1. The van der Waals surface area contributed by atoms with Gasteiger partial charge in [-0.25, -0.2) is 14.4 Å². The minimum absolute atomic E-state index is 0.235. The number of hydrogen-bond acceptors (Lipinski definition) is 6. The Morgan fingerprint density at radius 3 is 2.52 bits per heavy atom. The third kappa shape index (κ3) is 4.53. The fourth-order valence-electron chi connectivity index (χ4n) is 3.35. The number of carbonyl (C=O) groups excluding carboxylic acids is 1. The number of hydrogen-bond donors (Lipinski definition) is 1. The van der Waals surface area contributed by atoms with Crippen LogP contribution in [0.3, 0.4) is 0 Å². The zero-order valence-electron chi connectivity index (χ0n) is 16.1. The molecule has 3 heterocycles. The average Bonchev–Trinajstić information content (AvgIpc) is 3.26. The van der Waals surface area contributed by atoms with E-state index in [0.29, 0.717) is 23.8 Å². The van der Waals surface area contributed by atoms with Crippen molar-refractivity contribution in [3.05, 3.63) is 71.8 Å². The van der Waals surface area contributed by atoms with E-state index in [-0.39, 0.29) is 11.7 Å². The summed E-state index contributed by atoms with van der Waals surface area (Å²) < 4.78 is 18.4. The standard InChI is InChI=1S/C21H22FN5O2/c1-15-24-19(21(28)23-14-18-3-2-12-29-18)13-20(25-15)27-10-8-26(9-11-27)17-6-4-16(22)5-7-17/h2-7,12-13H,8-11,14H2,1H3,(H,23,28). The second-order valence-corrected chi connectivity index (χ2v) is 6.87. The average molecular weight is 395 g/mol. The van der Waals surface area contributed by atoms with Crippen LogP contribution in [-0.2, 0) is 6.54 Å². The van der Waals surface area contributed by atoms with Gasteiger partial charge in [-0.15, -0.1) is 0 Å². The Morgan fingerprint density at radius 1 is 1.10 bits per heavy atom. The van der Waals surface area contributed by atoms with Crippen molar-refractivity contribution in [2.45, 2.75) is 13.5 Å². The van der Waals surface area contributed by atoms with Crippen molar-refractivity contribution < 1.29 is 13.6 Å². The molecule has 1 aliphatic heterocycles. The van der Waals surface area contributed by atoms with Crippen LogP contribution in [0.2, 0.25) is 0 Å². The maximum atomic E-state index is 13.1. The molecule has 2 aromatic heterocycles. The Hall–Kier alpha value is -3.42. The number of furan rings is 1. The zero-order valence-corrected chi connectivity index (χ0v) is 16.1. The molecule has 0 aliphatic carbocycles. The highest BCUT2D eigenvalue weighted by Crippen LogP contribution is 2.20. The van der Waals surface area contributed by atoms with Gasteiger partial charge in [0.05, 0.1) is 12.8 Å². The number of nitrogens with zero attached hydrogens (tertiary/aromatic N) is 4. The highest BCUT2D eigenvalue weighted by molar-refractivity contribution is 5.92. The lowest BCUT2D eigenvalue weighted by molar-refractivity contribution is 0.0942. The Morgan fingerprint density at radius 2 is 1.83 bits per heavy atom. The molecule has 0 unspecified atom stereocenters. The van der Waals surface area contributed by atoms with Gasteiger partial charge in [-0.2, -0.15) is 0 Å². The second-order valence-electron chi connectivity index (χ2n) is 6.87. The predicted molar refractivity (Wildman–Crippen MR) is 107 cm³/mol. The Labute approximate surface area is 168 Å². The number of piperazine rings is 1. The molecular weight excluding hydrogens is 373 g/mol. The van der Waals surface area contributed by atoms with E-state index in [1.54, 1.807) is 43.5 Å². The van der Waals surface area contributed by atoms with Crippen LogP contribution in [0.5, 0.6) is 0 Å². The van der Waals surface area contributed by atoms with Crippen molar-refractivity contribution in [1.29, 1.82) is 0 Å². The number of rotatable bonds is 5. The Bertz CT molecular complexity index is 967. The van der Waals surface area contributed by atoms with Gasteiger partial charge in [0.15, 0.2) is 0 Å². The molecule has 1 fully saturated rings. The van der Waals surface area contributed by atoms with Gasteiger partial charge in [0.1, 0.15) is 28.9 Å². The van der Waals surface area contributed by atoms with E-state index >= 15 is 0 Å². The number of aryl methyl sites for hydroxylation is 1. The van der Waals surface area contributed by atoms with Crippen molar-refractivity contribution in [1.82, 2.24) is 15.3 Å². The monoisotopic (exact) mass is 395 g/mol. The summed E-state index contributed by atoms with van der Waals surface area (Å²) in [4.78, 5) is 25.6. The smallest absolute Gasteiger partial charge is 0.270 e. The summed E-state index contributed by atoms with van der Waals surface area (Å²) in [5, 5.41) is 2.81. The van der Waals surface area contributed by atoms with E-state index in [2.05, 4.69) is 25.1 Å². The quantitative estimate of drug-likeness (QED) is 0.716.